The fourth-order valence-corrected chi connectivity index (χ4v) is 2.28. The molecule has 0 saturated carbocycles. The lowest BCUT2D eigenvalue weighted by molar-refractivity contribution is 0.375. The Morgan fingerprint density at radius 1 is 1.09 bits per heavy atom. The summed E-state index contributed by atoms with van der Waals surface area (Å²) in [6.45, 7) is 0.350. The number of halogens is 1. The minimum Gasteiger partial charge on any atom is -0.497 e. The van der Waals surface area contributed by atoms with Crippen LogP contribution in [0.4, 0.5) is 4.39 Å². The number of benzene rings is 2. The largest absolute Gasteiger partial charge is 0.497 e. The van der Waals surface area contributed by atoms with Crippen LogP contribution in [0.1, 0.15) is 17.0 Å². The summed E-state index contributed by atoms with van der Waals surface area (Å²) in [4.78, 5) is 11.9. The fraction of sp³-hybridized carbons (Fsp3) is 0.176. The molecule has 3 aromatic rings. The standard InChI is InChI=1S/C17H15FN2O3/c1-22-15-8-4-13(5-9-15)11-20-16(19-23-17(20)21)10-12-2-6-14(18)7-3-12/h2-9H,10-11H2,1H3. The average Bonchev–Trinajstić information content (AvgIpc) is 2.91. The van der Waals surface area contributed by atoms with Gasteiger partial charge >= 0.3 is 5.76 Å². The van der Waals surface area contributed by atoms with Gasteiger partial charge in [0, 0.05) is 6.42 Å². The Morgan fingerprint density at radius 3 is 2.39 bits per heavy atom. The van der Waals surface area contributed by atoms with Crippen molar-refractivity contribution in [1.29, 1.82) is 0 Å². The Hall–Kier alpha value is -2.89. The van der Waals surface area contributed by atoms with Crippen LogP contribution in [0.15, 0.2) is 57.8 Å². The van der Waals surface area contributed by atoms with Crippen LogP contribution in [-0.4, -0.2) is 16.8 Å². The zero-order valence-corrected chi connectivity index (χ0v) is 12.5. The van der Waals surface area contributed by atoms with E-state index >= 15 is 0 Å². The predicted molar refractivity (Wildman–Crippen MR) is 82.1 cm³/mol. The Labute approximate surface area is 131 Å². The van der Waals surface area contributed by atoms with Gasteiger partial charge in [-0.2, -0.15) is 0 Å². The number of methoxy groups -OCH3 is 1. The van der Waals surface area contributed by atoms with Crippen LogP contribution in [-0.2, 0) is 13.0 Å². The molecule has 1 aromatic heterocycles. The molecular formula is C17H15FN2O3. The quantitative estimate of drug-likeness (QED) is 0.726. The van der Waals surface area contributed by atoms with Crippen molar-refractivity contribution in [3.63, 3.8) is 0 Å². The predicted octanol–water partition coefficient (Wildman–Crippen LogP) is 2.62. The van der Waals surface area contributed by atoms with Gasteiger partial charge in [0.25, 0.3) is 0 Å². The number of ether oxygens (including phenoxy) is 1. The van der Waals surface area contributed by atoms with E-state index in [1.807, 2.05) is 24.3 Å². The Morgan fingerprint density at radius 2 is 1.74 bits per heavy atom. The summed E-state index contributed by atoms with van der Waals surface area (Å²) in [6, 6.07) is 13.5. The van der Waals surface area contributed by atoms with Gasteiger partial charge in [0.1, 0.15) is 11.6 Å². The smallest absolute Gasteiger partial charge is 0.441 e. The first-order chi connectivity index (χ1) is 11.2. The lowest BCUT2D eigenvalue weighted by Gasteiger charge is -2.06. The molecular weight excluding hydrogens is 299 g/mol. The molecule has 0 aliphatic carbocycles. The third-order valence-corrected chi connectivity index (χ3v) is 3.54. The van der Waals surface area contributed by atoms with Crippen LogP contribution in [0.25, 0.3) is 0 Å². The summed E-state index contributed by atoms with van der Waals surface area (Å²) >= 11 is 0. The molecule has 0 amide bonds. The first kappa shape index (κ1) is 15.0. The SMILES string of the molecule is COc1ccc(Cn2c(Cc3ccc(F)cc3)noc2=O)cc1. The van der Waals surface area contributed by atoms with E-state index in [2.05, 4.69) is 5.16 Å². The summed E-state index contributed by atoms with van der Waals surface area (Å²) < 4.78 is 24.3. The molecule has 6 heteroatoms. The molecule has 23 heavy (non-hydrogen) atoms. The zero-order chi connectivity index (χ0) is 16.2. The van der Waals surface area contributed by atoms with Crippen molar-refractivity contribution in [2.24, 2.45) is 0 Å². The summed E-state index contributed by atoms with van der Waals surface area (Å²) in [5, 5.41) is 3.82. The molecule has 0 bridgehead atoms. The maximum absolute atomic E-state index is 13.0. The van der Waals surface area contributed by atoms with Crippen LogP contribution in [0.3, 0.4) is 0 Å². The van der Waals surface area contributed by atoms with E-state index in [-0.39, 0.29) is 5.82 Å². The fourth-order valence-electron chi connectivity index (χ4n) is 2.28. The first-order valence-corrected chi connectivity index (χ1v) is 7.08. The maximum atomic E-state index is 13.0. The molecule has 5 nitrogen and oxygen atoms in total. The Kier molecular flexibility index (Phi) is 4.23. The lowest BCUT2D eigenvalue weighted by Crippen LogP contribution is -2.18. The van der Waals surface area contributed by atoms with E-state index in [1.165, 1.54) is 16.7 Å². The van der Waals surface area contributed by atoms with Gasteiger partial charge in [-0.25, -0.2) is 9.18 Å². The summed E-state index contributed by atoms with van der Waals surface area (Å²) in [5.74, 6) is 0.429. The van der Waals surface area contributed by atoms with Crippen LogP contribution in [0, 0.1) is 5.82 Å². The van der Waals surface area contributed by atoms with Crippen LogP contribution >= 0.6 is 0 Å². The van der Waals surface area contributed by atoms with Gasteiger partial charge < -0.3 is 4.74 Å². The minimum absolute atomic E-state index is 0.301. The molecule has 0 fully saturated rings. The summed E-state index contributed by atoms with van der Waals surface area (Å²) in [6.07, 6.45) is 0.391. The van der Waals surface area contributed by atoms with Gasteiger partial charge in [-0.05, 0) is 35.4 Å². The molecule has 0 radical (unpaired) electrons. The second kappa shape index (κ2) is 6.48. The molecule has 118 valence electrons. The van der Waals surface area contributed by atoms with E-state index in [9.17, 15) is 9.18 Å². The van der Waals surface area contributed by atoms with Crippen molar-refractivity contribution in [3.8, 4) is 5.75 Å². The summed E-state index contributed by atoms with van der Waals surface area (Å²) in [7, 11) is 1.60. The number of rotatable bonds is 5. The molecule has 3 rings (SSSR count). The number of hydrogen-bond donors (Lipinski definition) is 0. The van der Waals surface area contributed by atoms with Crippen LogP contribution < -0.4 is 10.5 Å². The van der Waals surface area contributed by atoms with Gasteiger partial charge in [0.05, 0.1) is 13.7 Å². The average molecular weight is 314 g/mol. The highest BCUT2D eigenvalue weighted by Crippen LogP contribution is 2.13. The van der Waals surface area contributed by atoms with E-state index in [1.54, 1.807) is 19.2 Å². The van der Waals surface area contributed by atoms with Gasteiger partial charge in [-0.3, -0.25) is 9.09 Å². The van der Waals surface area contributed by atoms with Gasteiger partial charge in [-0.1, -0.05) is 29.4 Å². The Bertz CT molecular complexity index is 836. The molecule has 0 aliphatic rings. The molecule has 0 atom stereocenters. The van der Waals surface area contributed by atoms with Gasteiger partial charge in [0.2, 0.25) is 0 Å². The van der Waals surface area contributed by atoms with Crippen molar-refractivity contribution >= 4 is 0 Å². The maximum Gasteiger partial charge on any atom is 0.441 e. The highest BCUT2D eigenvalue weighted by Gasteiger charge is 2.12. The minimum atomic E-state index is -0.516. The highest BCUT2D eigenvalue weighted by atomic mass is 19.1. The number of hydrogen-bond acceptors (Lipinski definition) is 4. The Balaban J connectivity index is 1.83. The topological polar surface area (TPSA) is 57.3 Å². The molecule has 0 unspecified atom stereocenters. The second-order valence-electron chi connectivity index (χ2n) is 5.10. The van der Waals surface area contributed by atoms with Gasteiger partial charge in [0.15, 0.2) is 5.82 Å². The number of nitrogens with zero attached hydrogens (tertiary/aromatic N) is 2. The highest BCUT2D eigenvalue weighted by molar-refractivity contribution is 5.27. The molecule has 0 N–H and O–H groups in total. The monoisotopic (exact) mass is 314 g/mol. The summed E-state index contributed by atoms with van der Waals surface area (Å²) in [5.41, 5.74) is 1.78. The van der Waals surface area contributed by atoms with E-state index in [0.717, 1.165) is 16.9 Å². The van der Waals surface area contributed by atoms with Gasteiger partial charge in [-0.15, -0.1) is 0 Å². The van der Waals surface area contributed by atoms with Crippen molar-refractivity contribution in [2.75, 3.05) is 7.11 Å². The molecule has 0 spiro atoms. The van der Waals surface area contributed by atoms with Crippen molar-refractivity contribution in [3.05, 3.63) is 81.9 Å². The first-order valence-electron chi connectivity index (χ1n) is 7.08. The van der Waals surface area contributed by atoms with Crippen molar-refractivity contribution in [1.82, 2.24) is 9.72 Å². The third kappa shape index (κ3) is 3.48. The van der Waals surface area contributed by atoms with E-state index in [0.29, 0.717) is 18.8 Å². The molecule has 0 saturated heterocycles. The molecule has 0 aliphatic heterocycles. The normalized spacial score (nSPS) is 10.7. The number of aromatic nitrogens is 2. The van der Waals surface area contributed by atoms with E-state index in [4.69, 9.17) is 9.26 Å². The molecule has 2 aromatic carbocycles. The lowest BCUT2D eigenvalue weighted by atomic mass is 10.1. The van der Waals surface area contributed by atoms with Crippen LogP contribution in [0.2, 0.25) is 0 Å². The van der Waals surface area contributed by atoms with Crippen molar-refractivity contribution < 1.29 is 13.7 Å². The third-order valence-electron chi connectivity index (χ3n) is 3.54. The molecule has 1 heterocycles. The van der Waals surface area contributed by atoms with Crippen molar-refractivity contribution in [2.45, 2.75) is 13.0 Å². The zero-order valence-electron chi connectivity index (χ0n) is 12.5. The second-order valence-corrected chi connectivity index (χ2v) is 5.10. The van der Waals surface area contributed by atoms with Crippen LogP contribution in [0.5, 0.6) is 5.75 Å². The van der Waals surface area contributed by atoms with E-state index < -0.39 is 5.76 Å².